The van der Waals surface area contributed by atoms with Gasteiger partial charge in [0.25, 0.3) is 0 Å². The van der Waals surface area contributed by atoms with Gasteiger partial charge >= 0.3 is 0 Å². The summed E-state index contributed by atoms with van der Waals surface area (Å²) in [7, 11) is 0. The van der Waals surface area contributed by atoms with Crippen molar-refractivity contribution < 1.29 is 5.11 Å². The van der Waals surface area contributed by atoms with Gasteiger partial charge in [0.15, 0.2) is 0 Å². The van der Waals surface area contributed by atoms with Gasteiger partial charge in [0, 0.05) is 0 Å². The molecule has 0 saturated heterocycles. The zero-order chi connectivity index (χ0) is 13.9. The summed E-state index contributed by atoms with van der Waals surface area (Å²) in [6, 6.07) is 0. The Balaban J connectivity index is 3.73. The molecule has 1 nitrogen and oxygen atoms in total. The lowest BCUT2D eigenvalue weighted by Crippen LogP contribution is -2.30. The summed E-state index contributed by atoms with van der Waals surface area (Å²) >= 11 is 0. The van der Waals surface area contributed by atoms with Crippen LogP contribution in [-0.2, 0) is 0 Å². The predicted molar refractivity (Wildman–Crippen MR) is 81.9 cm³/mol. The summed E-state index contributed by atoms with van der Waals surface area (Å²) in [4.78, 5) is 0. The van der Waals surface area contributed by atoms with Crippen molar-refractivity contribution in [1.82, 2.24) is 0 Å². The molecule has 1 unspecified atom stereocenters. The van der Waals surface area contributed by atoms with Crippen LogP contribution in [0.4, 0.5) is 0 Å². The minimum absolute atomic E-state index is 0.489. The third kappa shape index (κ3) is 9.94. The minimum atomic E-state index is -0.489. The Hall–Kier alpha value is -0.0400. The molecule has 1 heteroatoms. The van der Waals surface area contributed by atoms with Crippen molar-refractivity contribution in [1.29, 1.82) is 0 Å². The van der Waals surface area contributed by atoms with Gasteiger partial charge in [-0.15, -0.1) is 0 Å². The quantitative estimate of drug-likeness (QED) is 0.444. The fourth-order valence-electron chi connectivity index (χ4n) is 2.66. The van der Waals surface area contributed by atoms with Gasteiger partial charge < -0.3 is 5.11 Å². The Morgan fingerprint density at radius 3 is 1.61 bits per heavy atom. The minimum Gasteiger partial charge on any atom is -0.390 e. The molecule has 0 rings (SSSR count). The Morgan fingerprint density at radius 2 is 1.11 bits per heavy atom. The molecule has 0 heterocycles. The fraction of sp³-hybridized carbons (Fsp3) is 1.00. The fourth-order valence-corrected chi connectivity index (χ4v) is 2.66. The molecular weight excluding hydrogens is 220 g/mol. The molecule has 0 amide bonds. The lowest BCUT2D eigenvalue weighted by Gasteiger charge is -2.29. The second-order valence-electron chi connectivity index (χ2n) is 6.40. The Morgan fingerprint density at radius 1 is 0.722 bits per heavy atom. The topological polar surface area (TPSA) is 20.2 Å². The highest BCUT2D eigenvalue weighted by Gasteiger charge is 2.25. The summed E-state index contributed by atoms with van der Waals surface area (Å²) < 4.78 is 0. The van der Waals surface area contributed by atoms with Gasteiger partial charge in [0.1, 0.15) is 0 Å². The van der Waals surface area contributed by atoms with E-state index in [0.29, 0.717) is 5.92 Å². The molecule has 0 aromatic rings. The van der Waals surface area contributed by atoms with Crippen molar-refractivity contribution in [2.24, 2.45) is 5.92 Å². The smallest absolute Gasteiger partial charge is 0.0619 e. The second-order valence-corrected chi connectivity index (χ2v) is 6.40. The van der Waals surface area contributed by atoms with Crippen LogP contribution in [0, 0.1) is 5.92 Å². The van der Waals surface area contributed by atoms with Crippen molar-refractivity contribution in [2.75, 3.05) is 0 Å². The van der Waals surface area contributed by atoms with Crippen LogP contribution in [0.15, 0.2) is 0 Å². The highest BCUT2D eigenvalue weighted by molar-refractivity contribution is 4.77. The van der Waals surface area contributed by atoms with Crippen LogP contribution >= 0.6 is 0 Å². The maximum Gasteiger partial charge on any atom is 0.0619 e. The monoisotopic (exact) mass is 256 g/mol. The molecule has 18 heavy (non-hydrogen) atoms. The summed E-state index contributed by atoms with van der Waals surface area (Å²) in [5.41, 5.74) is -0.489. The molecule has 0 fully saturated rings. The molecule has 0 aliphatic heterocycles. The number of hydrogen-bond donors (Lipinski definition) is 1. The molecule has 0 radical (unpaired) electrons. The number of aliphatic hydroxyl groups is 1. The molecule has 0 saturated carbocycles. The van der Waals surface area contributed by atoms with E-state index >= 15 is 0 Å². The average molecular weight is 256 g/mol. The first-order valence-corrected chi connectivity index (χ1v) is 8.24. The number of rotatable bonds is 12. The molecule has 110 valence electrons. The SMILES string of the molecule is CCCCCCCCC(CCCCC)C(C)(C)O. The average Bonchev–Trinajstić information content (AvgIpc) is 2.30. The normalized spacial score (nSPS) is 13.8. The van der Waals surface area contributed by atoms with Crippen LogP contribution in [0.5, 0.6) is 0 Å². The molecule has 1 N–H and O–H groups in total. The van der Waals surface area contributed by atoms with Gasteiger partial charge in [-0.3, -0.25) is 0 Å². The summed E-state index contributed by atoms with van der Waals surface area (Å²) in [5, 5.41) is 10.2. The van der Waals surface area contributed by atoms with Crippen molar-refractivity contribution in [3.05, 3.63) is 0 Å². The summed E-state index contributed by atoms with van der Waals surface area (Å²) in [6.07, 6.45) is 14.4. The van der Waals surface area contributed by atoms with Gasteiger partial charge in [-0.1, -0.05) is 71.6 Å². The molecular formula is C17H36O. The van der Waals surface area contributed by atoms with E-state index in [0.717, 1.165) is 0 Å². The lowest BCUT2D eigenvalue weighted by atomic mass is 9.82. The van der Waals surface area contributed by atoms with Gasteiger partial charge in [-0.05, 0) is 32.6 Å². The molecule has 0 aliphatic rings. The lowest BCUT2D eigenvalue weighted by molar-refractivity contribution is 0.00720. The first-order chi connectivity index (χ1) is 8.52. The van der Waals surface area contributed by atoms with E-state index in [1.807, 2.05) is 13.8 Å². The Bertz CT molecular complexity index is 169. The van der Waals surface area contributed by atoms with Crippen molar-refractivity contribution in [3.8, 4) is 0 Å². The van der Waals surface area contributed by atoms with E-state index in [-0.39, 0.29) is 0 Å². The van der Waals surface area contributed by atoms with Gasteiger partial charge in [-0.2, -0.15) is 0 Å². The van der Waals surface area contributed by atoms with E-state index < -0.39 is 5.60 Å². The van der Waals surface area contributed by atoms with Gasteiger partial charge in [-0.25, -0.2) is 0 Å². The number of unbranched alkanes of at least 4 members (excludes halogenated alkanes) is 7. The largest absolute Gasteiger partial charge is 0.390 e. The molecule has 0 aromatic carbocycles. The van der Waals surface area contributed by atoms with Crippen LogP contribution in [0.2, 0.25) is 0 Å². The zero-order valence-corrected chi connectivity index (χ0v) is 13.3. The third-order valence-electron chi connectivity index (χ3n) is 4.06. The first-order valence-electron chi connectivity index (χ1n) is 8.24. The highest BCUT2D eigenvalue weighted by atomic mass is 16.3. The molecule has 0 bridgehead atoms. The summed E-state index contributed by atoms with van der Waals surface area (Å²) in [5.74, 6) is 0.496. The second kappa shape index (κ2) is 10.8. The molecule has 1 atom stereocenters. The van der Waals surface area contributed by atoms with E-state index in [4.69, 9.17) is 0 Å². The molecule has 0 aromatic heterocycles. The van der Waals surface area contributed by atoms with Crippen molar-refractivity contribution in [2.45, 2.75) is 104 Å². The standard InChI is InChI=1S/C17H36O/c1-5-7-9-10-11-13-15-16(17(3,4)18)14-12-8-6-2/h16,18H,5-15H2,1-4H3. The van der Waals surface area contributed by atoms with E-state index in [1.54, 1.807) is 0 Å². The zero-order valence-electron chi connectivity index (χ0n) is 13.3. The maximum atomic E-state index is 10.2. The highest BCUT2D eigenvalue weighted by Crippen LogP contribution is 2.28. The molecule has 0 aliphatic carbocycles. The van der Waals surface area contributed by atoms with E-state index in [2.05, 4.69) is 13.8 Å². The van der Waals surface area contributed by atoms with Gasteiger partial charge in [0.2, 0.25) is 0 Å². The van der Waals surface area contributed by atoms with Crippen molar-refractivity contribution in [3.63, 3.8) is 0 Å². The van der Waals surface area contributed by atoms with Crippen LogP contribution in [-0.4, -0.2) is 10.7 Å². The van der Waals surface area contributed by atoms with Crippen LogP contribution in [0.25, 0.3) is 0 Å². The van der Waals surface area contributed by atoms with Crippen molar-refractivity contribution >= 4 is 0 Å². The van der Waals surface area contributed by atoms with Gasteiger partial charge in [0.05, 0.1) is 5.60 Å². The van der Waals surface area contributed by atoms with Crippen LogP contribution in [0.1, 0.15) is 98.3 Å². The maximum absolute atomic E-state index is 10.2. The number of hydrogen-bond acceptors (Lipinski definition) is 1. The van der Waals surface area contributed by atoms with E-state index in [1.165, 1.54) is 70.6 Å². The van der Waals surface area contributed by atoms with Crippen LogP contribution < -0.4 is 0 Å². The predicted octanol–water partition coefficient (Wildman–Crippen LogP) is 5.70. The Labute approximate surface area is 115 Å². The molecule has 0 spiro atoms. The Kier molecular flexibility index (Phi) is 10.8. The van der Waals surface area contributed by atoms with Crippen LogP contribution in [0.3, 0.4) is 0 Å². The third-order valence-corrected chi connectivity index (χ3v) is 4.06. The van der Waals surface area contributed by atoms with E-state index in [9.17, 15) is 5.11 Å². The first kappa shape index (κ1) is 18.0. The summed E-state index contributed by atoms with van der Waals surface area (Å²) in [6.45, 7) is 8.48.